The van der Waals surface area contributed by atoms with Crippen molar-refractivity contribution in [2.24, 2.45) is 0 Å². The summed E-state index contributed by atoms with van der Waals surface area (Å²) in [4.78, 5) is 0. The molecule has 19 heavy (non-hydrogen) atoms. The van der Waals surface area contributed by atoms with Crippen molar-refractivity contribution in [1.29, 1.82) is 0 Å². The van der Waals surface area contributed by atoms with Gasteiger partial charge in [0.25, 0.3) is 0 Å². The fraction of sp³-hybridized carbons (Fsp3) is 0.400. The fourth-order valence-electron chi connectivity index (χ4n) is 2.58. The van der Waals surface area contributed by atoms with Crippen LogP contribution in [-0.2, 0) is 6.54 Å². The molecular formula is C15H19N3O. The molecule has 1 aliphatic heterocycles. The molecule has 0 spiro atoms. The predicted molar refractivity (Wildman–Crippen MR) is 74.7 cm³/mol. The molecule has 4 heteroatoms. The number of aliphatic hydroxyl groups is 1. The second-order valence-corrected chi connectivity index (χ2v) is 5.27. The zero-order valence-corrected chi connectivity index (χ0v) is 10.9. The first-order chi connectivity index (χ1) is 9.25. The molecule has 4 nitrogen and oxygen atoms in total. The summed E-state index contributed by atoms with van der Waals surface area (Å²) < 4.78 is 1.85. The van der Waals surface area contributed by atoms with Crippen LogP contribution in [0, 0.1) is 0 Å². The van der Waals surface area contributed by atoms with E-state index in [1.807, 2.05) is 35.3 Å². The number of benzene rings is 1. The van der Waals surface area contributed by atoms with E-state index in [4.69, 9.17) is 0 Å². The Labute approximate surface area is 113 Å². The fourth-order valence-corrected chi connectivity index (χ4v) is 2.58. The molecule has 1 aliphatic rings. The maximum absolute atomic E-state index is 10.5. The van der Waals surface area contributed by atoms with Gasteiger partial charge in [-0.3, -0.25) is 4.68 Å². The highest BCUT2D eigenvalue weighted by Gasteiger charge is 2.29. The predicted octanol–water partition coefficient (Wildman–Crippen LogP) is 1.66. The van der Waals surface area contributed by atoms with Crippen LogP contribution in [0.25, 0.3) is 11.1 Å². The van der Waals surface area contributed by atoms with Gasteiger partial charge in [0.1, 0.15) is 0 Å². The van der Waals surface area contributed by atoms with Gasteiger partial charge in [0.15, 0.2) is 0 Å². The van der Waals surface area contributed by atoms with Crippen molar-refractivity contribution < 1.29 is 5.11 Å². The van der Waals surface area contributed by atoms with Gasteiger partial charge >= 0.3 is 0 Å². The van der Waals surface area contributed by atoms with E-state index < -0.39 is 5.60 Å². The lowest BCUT2D eigenvalue weighted by atomic mass is 9.92. The molecule has 2 N–H and O–H groups in total. The Morgan fingerprint density at radius 1 is 1.16 bits per heavy atom. The number of hydrogen-bond donors (Lipinski definition) is 2. The topological polar surface area (TPSA) is 50.1 Å². The molecule has 0 amide bonds. The van der Waals surface area contributed by atoms with Crippen molar-refractivity contribution >= 4 is 0 Å². The Hall–Kier alpha value is -1.65. The summed E-state index contributed by atoms with van der Waals surface area (Å²) >= 11 is 0. The molecule has 0 aliphatic carbocycles. The number of nitrogens with zero attached hydrogens (tertiary/aromatic N) is 2. The molecule has 1 aromatic carbocycles. The molecule has 0 radical (unpaired) electrons. The van der Waals surface area contributed by atoms with E-state index in [-0.39, 0.29) is 0 Å². The van der Waals surface area contributed by atoms with Crippen molar-refractivity contribution in [1.82, 2.24) is 15.1 Å². The summed E-state index contributed by atoms with van der Waals surface area (Å²) in [5, 5.41) is 18.1. The van der Waals surface area contributed by atoms with Crippen LogP contribution in [0.1, 0.15) is 12.8 Å². The second-order valence-electron chi connectivity index (χ2n) is 5.27. The third kappa shape index (κ3) is 2.85. The number of piperidine rings is 1. The average molecular weight is 257 g/mol. The smallest absolute Gasteiger partial charge is 0.0866 e. The van der Waals surface area contributed by atoms with Gasteiger partial charge in [0.2, 0.25) is 0 Å². The Balaban J connectivity index is 1.75. The lowest BCUT2D eigenvalue weighted by Gasteiger charge is -2.32. The van der Waals surface area contributed by atoms with Gasteiger partial charge < -0.3 is 10.4 Å². The second kappa shape index (κ2) is 5.15. The van der Waals surface area contributed by atoms with Crippen LogP contribution in [0.15, 0.2) is 42.7 Å². The molecule has 100 valence electrons. The molecule has 0 bridgehead atoms. The molecular weight excluding hydrogens is 238 g/mol. The number of aromatic nitrogens is 2. The lowest BCUT2D eigenvalue weighted by molar-refractivity contribution is -0.00821. The van der Waals surface area contributed by atoms with Crippen molar-refractivity contribution in [2.45, 2.75) is 25.0 Å². The van der Waals surface area contributed by atoms with E-state index in [1.54, 1.807) is 0 Å². The van der Waals surface area contributed by atoms with E-state index >= 15 is 0 Å². The first-order valence-corrected chi connectivity index (χ1v) is 6.76. The molecule has 3 rings (SSSR count). The van der Waals surface area contributed by atoms with Crippen molar-refractivity contribution in [3.05, 3.63) is 42.7 Å². The number of rotatable bonds is 3. The first kappa shape index (κ1) is 12.4. The minimum Gasteiger partial charge on any atom is -0.388 e. The van der Waals surface area contributed by atoms with E-state index in [0.29, 0.717) is 6.54 Å². The summed E-state index contributed by atoms with van der Waals surface area (Å²) in [5.74, 6) is 0. The van der Waals surface area contributed by atoms with Crippen LogP contribution in [0.3, 0.4) is 0 Å². The van der Waals surface area contributed by atoms with Crippen LogP contribution in [0.4, 0.5) is 0 Å². The minimum absolute atomic E-state index is 0.571. The summed E-state index contributed by atoms with van der Waals surface area (Å²) in [6.07, 6.45) is 5.44. The van der Waals surface area contributed by atoms with Gasteiger partial charge in [-0.25, -0.2) is 0 Å². The van der Waals surface area contributed by atoms with E-state index in [0.717, 1.165) is 37.1 Å². The minimum atomic E-state index is -0.620. The molecule has 2 aromatic rings. The monoisotopic (exact) mass is 257 g/mol. The highest BCUT2D eigenvalue weighted by atomic mass is 16.3. The zero-order valence-electron chi connectivity index (χ0n) is 10.9. The summed E-state index contributed by atoms with van der Waals surface area (Å²) in [6.45, 7) is 2.33. The lowest BCUT2D eigenvalue weighted by Crippen LogP contribution is -2.44. The molecule has 0 unspecified atom stereocenters. The van der Waals surface area contributed by atoms with Crippen molar-refractivity contribution in [2.75, 3.05) is 13.1 Å². The Bertz CT molecular complexity index is 529. The number of hydrogen-bond acceptors (Lipinski definition) is 3. The van der Waals surface area contributed by atoms with Crippen molar-refractivity contribution in [3.8, 4) is 11.1 Å². The van der Waals surface area contributed by atoms with E-state index in [2.05, 4.69) is 22.5 Å². The summed E-state index contributed by atoms with van der Waals surface area (Å²) in [6, 6.07) is 10.2. The molecule has 0 atom stereocenters. The van der Waals surface area contributed by atoms with Crippen LogP contribution >= 0.6 is 0 Å². The molecule has 2 heterocycles. The highest BCUT2D eigenvalue weighted by Crippen LogP contribution is 2.22. The number of nitrogens with one attached hydrogen (secondary N) is 1. The Morgan fingerprint density at radius 2 is 1.89 bits per heavy atom. The van der Waals surface area contributed by atoms with Gasteiger partial charge in [0.05, 0.1) is 18.3 Å². The Kier molecular flexibility index (Phi) is 3.36. The summed E-state index contributed by atoms with van der Waals surface area (Å²) in [5.41, 5.74) is 1.63. The average Bonchev–Trinajstić information content (AvgIpc) is 2.88. The maximum atomic E-state index is 10.5. The summed E-state index contributed by atoms with van der Waals surface area (Å²) in [7, 11) is 0. The van der Waals surface area contributed by atoms with Gasteiger partial charge in [-0.15, -0.1) is 0 Å². The van der Waals surface area contributed by atoms with E-state index in [9.17, 15) is 5.11 Å². The quantitative estimate of drug-likeness (QED) is 0.879. The largest absolute Gasteiger partial charge is 0.388 e. The van der Waals surface area contributed by atoms with Gasteiger partial charge in [0, 0.05) is 11.8 Å². The molecule has 1 aromatic heterocycles. The molecule has 1 saturated heterocycles. The van der Waals surface area contributed by atoms with Crippen LogP contribution in [0.2, 0.25) is 0 Å². The normalized spacial score (nSPS) is 18.4. The Morgan fingerprint density at radius 3 is 2.63 bits per heavy atom. The zero-order chi connectivity index (χ0) is 13.1. The SMILES string of the molecule is OC1(Cn2cc(-c3ccccc3)cn2)CCNCC1. The third-order valence-corrected chi connectivity index (χ3v) is 3.73. The van der Waals surface area contributed by atoms with Crippen molar-refractivity contribution in [3.63, 3.8) is 0 Å². The molecule has 1 fully saturated rings. The van der Waals surface area contributed by atoms with Gasteiger partial charge in [-0.05, 0) is 31.5 Å². The molecule has 0 saturated carbocycles. The third-order valence-electron chi connectivity index (χ3n) is 3.73. The highest BCUT2D eigenvalue weighted by molar-refractivity contribution is 5.61. The van der Waals surface area contributed by atoms with Gasteiger partial charge in [-0.2, -0.15) is 5.10 Å². The maximum Gasteiger partial charge on any atom is 0.0866 e. The van der Waals surface area contributed by atoms with Crippen LogP contribution < -0.4 is 5.32 Å². The first-order valence-electron chi connectivity index (χ1n) is 6.76. The van der Waals surface area contributed by atoms with Gasteiger partial charge in [-0.1, -0.05) is 30.3 Å². The van der Waals surface area contributed by atoms with Crippen LogP contribution in [0.5, 0.6) is 0 Å². The van der Waals surface area contributed by atoms with E-state index in [1.165, 1.54) is 0 Å². The van der Waals surface area contributed by atoms with Crippen LogP contribution in [-0.4, -0.2) is 33.6 Å². The standard InChI is InChI=1S/C15H19N3O/c19-15(6-8-16-9-7-15)12-18-11-14(10-17-18)13-4-2-1-3-5-13/h1-5,10-11,16,19H,6-9,12H2.